The van der Waals surface area contributed by atoms with Crippen LogP contribution in [-0.2, 0) is 6.42 Å². The molecule has 2 rings (SSSR count). The van der Waals surface area contributed by atoms with Crippen molar-refractivity contribution in [2.75, 3.05) is 0 Å². The molecule has 0 spiro atoms. The molecule has 0 saturated carbocycles. The molecule has 2 nitrogen and oxygen atoms in total. The van der Waals surface area contributed by atoms with Crippen LogP contribution in [0.3, 0.4) is 0 Å². The van der Waals surface area contributed by atoms with Crippen molar-refractivity contribution in [3.63, 3.8) is 0 Å². The Kier molecular flexibility index (Phi) is 1.77. The minimum absolute atomic E-state index is 0.207. The molecule has 1 aromatic carbocycles. The van der Waals surface area contributed by atoms with Crippen LogP contribution in [0.4, 0.5) is 0 Å². The molecule has 0 amide bonds. The van der Waals surface area contributed by atoms with E-state index in [1.807, 2.05) is 18.2 Å². The molecule has 1 heterocycles. The first-order valence-electron chi connectivity index (χ1n) is 3.84. The van der Waals surface area contributed by atoms with Crippen LogP contribution in [0.1, 0.15) is 12.5 Å². The average Bonchev–Trinajstić information content (AvgIpc) is 2.43. The van der Waals surface area contributed by atoms with E-state index < -0.39 is 0 Å². The summed E-state index contributed by atoms with van der Waals surface area (Å²) >= 11 is 5.60. The minimum atomic E-state index is 0.207. The molecule has 0 aliphatic carbocycles. The van der Waals surface area contributed by atoms with Gasteiger partial charge in [0.05, 0.1) is 0 Å². The van der Waals surface area contributed by atoms with Gasteiger partial charge in [0.15, 0.2) is 5.58 Å². The normalized spacial score (nSPS) is 10.8. The van der Waals surface area contributed by atoms with Crippen molar-refractivity contribution < 1.29 is 4.42 Å². The molecule has 12 heavy (non-hydrogen) atoms. The van der Waals surface area contributed by atoms with Gasteiger partial charge in [-0.3, -0.25) is 0 Å². The summed E-state index contributed by atoms with van der Waals surface area (Å²) in [6.45, 7) is 2.10. The van der Waals surface area contributed by atoms with E-state index in [0.29, 0.717) is 0 Å². The van der Waals surface area contributed by atoms with Gasteiger partial charge in [0, 0.05) is 0 Å². The Labute approximate surface area is 75.2 Å². The molecule has 0 fully saturated rings. The highest BCUT2D eigenvalue weighted by molar-refractivity contribution is 6.28. The lowest BCUT2D eigenvalue weighted by Gasteiger charge is -1.92. The maximum Gasteiger partial charge on any atom is 0.293 e. The molecule has 2 aromatic rings. The average molecular weight is 182 g/mol. The molecular formula is C9H8ClNO. The number of hydrogen-bond donors (Lipinski definition) is 0. The lowest BCUT2D eigenvalue weighted by Crippen LogP contribution is -1.77. The summed E-state index contributed by atoms with van der Waals surface area (Å²) < 4.78 is 5.16. The number of hydrogen-bond acceptors (Lipinski definition) is 2. The molecule has 0 radical (unpaired) electrons. The van der Waals surface area contributed by atoms with Crippen LogP contribution in [-0.4, -0.2) is 4.98 Å². The molecule has 1 aromatic heterocycles. The third-order valence-electron chi connectivity index (χ3n) is 1.83. The van der Waals surface area contributed by atoms with Crippen LogP contribution < -0.4 is 0 Å². The summed E-state index contributed by atoms with van der Waals surface area (Å²) in [6, 6.07) is 5.92. The zero-order valence-electron chi connectivity index (χ0n) is 6.67. The third-order valence-corrected chi connectivity index (χ3v) is 2.00. The van der Waals surface area contributed by atoms with Crippen molar-refractivity contribution in [3.05, 3.63) is 29.1 Å². The van der Waals surface area contributed by atoms with E-state index in [4.69, 9.17) is 16.0 Å². The van der Waals surface area contributed by atoms with Gasteiger partial charge in [-0.25, -0.2) is 0 Å². The van der Waals surface area contributed by atoms with Crippen molar-refractivity contribution in [3.8, 4) is 0 Å². The van der Waals surface area contributed by atoms with Crippen LogP contribution in [0, 0.1) is 0 Å². The fraction of sp³-hybridized carbons (Fsp3) is 0.222. The maximum atomic E-state index is 5.60. The van der Waals surface area contributed by atoms with Crippen LogP contribution in [0.5, 0.6) is 0 Å². The van der Waals surface area contributed by atoms with E-state index in [2.05, 4.69) is 11.9 Å². The summed E-state index contributed by atoms with van der Waals surface area (Å²) in [5.74, 6) is 0. The summed E-state index contributed by atoms with van der Waals surface area (Å²) in [7, 11) is 0. The summed E-state index contributed by atoms with van der Waals surface area (Å²) in [4.78, 5) is 3.99. The van der Waals surface area contributed by atoms with Gasteiger partial charge in [0.25, 0.3) is 5.35 Å². The van der Waals surface area contributed by atoms with Crippen molar-refractivity contribution in [1.82, 2.24) is 4.98 Å². The second-order valence-electron chi connectivity index (χ2n) is 2.62. The topological polar surface area (TPSA) is 26.0 Å². The molecular weight excluding hydrogens is 174 g/mol. The molecule has 0 saturated heterocycles. The molecule has 0 unspecified atom stereocenters. The molecule has 0 bridgehead atoms. The lowest BCUT2D eigenvalue weighted by atomic mass is 10.2. The SMILES string of the molecule is CCc1ccc2nc(Cl)oc2c1. The van der Waals surface area contributed by atoms with E-state index in [9.17, 15) is 0 Å². The Balaban J connectivity index is 2.66. The first kappa shape index (κ1) is 7.62. The van der Waals surface area contributed by atoms with Crippen molar-refractivity contribution in [1.29, 1.82) is 0 Å². The van der Waals surface area contributed by atoms with Gasteiger partial charge in [-0.05, 0) is 35.7 Å². The zero-order chi connectivity index (χ0) is 8.55. The van der Waals surface area contributed by atoms with Gasteiger partial charge in [0.2, 0.25) is 0 Å². The predicted molar refractivity (Wildman–Crippen MR) is 48.4 cm³/mol. The monoisotopic (exact) mass is 181 g/mol. The number of halogens is 1. The lowest BCUT2D eigenvalue weighted by molar-refractivity contribution is 0.604. The fourth-order valence-electron chi connectivity index (χ4n) is 1.16. The van der Waals surface area contributed by atoms with E-state index in [-0.39, 0.29) is 5.35 Å². The van der Waals surface area contributed by atoms with E-state index in [0.717, 1.165) is 17.5 Å². The van der Waals surface area contributed by atoms with Gasteiger partial charge in [-0.1, -0.05) is 13.0 Å². The second-order valence-corrected chi connectivity index (χ2v) is 2.95. The highest BCUT2D eigenvalue weighted by Gasteiger charge is 2.02. The Morgan fingerprint density at radius 2 is 2.33 bits per heavy atom. The Morgan fingerprint density at radius 3 is 3.08 bits per heavy atom. The van der Waals surface area contributed by atoms with Crippen LogP contribution >= 0.6 is 11.6 Å². The fourth-order valence-corrected chi connectivity index (χ4v) is 1.33. The summed E-state index contributed by atoms with van der Waals surface area (Å²) in [5, 5.41) is 0.207. The standard InChI is InChI=1S/C9H8ClNO/c1-2-6-3-4-7-8(5-6)12-9(10)11-7/h3-5H,2H2,1H3. The Morgan fingerprint density at radius 1 is 1.50 bits per heavy atom. The van der Waals surface area contributed by atoms with Crippen molar-refractivity contribution >= 4 is 22.7 Å². The molecule has 62 valence electrons. The number of rotatable bonds is 1. The minimum Gasteiger partial charge on any atom is -0.428 e. The van der Waals surface area contributed by atoms with E-state index in [1.165, 1.54) is 5.56 Å². The smallest absolute Gasteiger partial charge is 0.293 e. The number of aryl methyl sites for hydroxylation is 1. The van der Waals surface area contributed by atoms with E-state index >= 15 is 0 Å². The molecule has 3 heteroatoms. The predicted octanol–water partition coefficient (Wildman–Crippen LogP) is 3.04. The second kappa shape index (κ2) is 2.79. The Hall–Kier alpha value is -1.02. The first-order valence-corrected chi connectivity index (χ1v) is 4.22. The third kappa shape index (κ3) is 1.18. The molecule has 0 atom stereocenters. The highest BCUT2D eigenvalue weighted by atomic mass is 35.5. The van der Waals surface area contributed by atoms with Gasteiger partial charge in [0.1, 0.15) is 5.52 Å². The maximum absolute atomic E-state index is 5.60. The van der Waals surface area contributed by atoms with Crippen molar-refractivity contribution in [2.24, 2.45) is 0 Å². The Bertz CT molecular complexity index is 408. The van der Waals surface area contributed by atoms with Gasteiger partial charge >= 0.3 is 0 Å². The van der Waals surface area contributed by atoms with Gasteiger partial charge in [-0.2, -0.15) is 4.98 Å². The van der Waals surface area contributed by atoms with Crippen LogP contribution in [0.25, 0.3) is 11.1 Å². The van der Waals surface area contributed by atoms with E-state index in [1.54, 1.807) is 0 Å². The largest absolute Gasteiger partial charge is 0.428 e. The number of benzene rings is 1. The van der Waals surface area contributed by atoms with Gasteiger partial charge in [-0.15, -0.1) is 0 Å². The highest BCUT2D eigenvalue weighted by Crippen LogP contribution is 2.19. The van der Waals surface area contributed by atoms with Crippen LogP contribution in [0.15, 0.2) is 22.6 Å². The quantitative estimate of drug-likeness (QED) is 0.676. The summed E-state index contributed by atoms with van der Waals surface area (Å²) in [6.07, 6.45) is 0.994. The zero-order valence-corrected chi connectivity index (χ0v) is 7.43. The number of fused-ring (bicyclic) bond motifs is 1. The molecule has 0 aliphatic rings. The molecule has 0 aliphatic heterocycles. The molecule has 0 N–H and O–H groups in total. The van der Waals surface area contributed by atoms with Crippen LogP contribution in [0.2, 0.25) is 5.35 Å². The number of aromatic nitrogens is 1. The first-order chi connectivity index (χ1) is 5.79. The van der Waals surface area contributed by atoms with Gasteiger partial charge < -0.3 is 4.42 Å². The number of oxazole rings is 1. The summed E-state index contributed by atoms with van der Waals surface area (Å²) in [5.41, 5.74) is 2.81. The number of nitrogens with zero attached hydrogens (tertiary/aromatic N) is 1. The van der Waals surface area contributed by atoms with Crippen molar-refractivity contribution in [2.45, 2.75) is 13.3 Å².